The minimum absolute atomic E-state index is 0.288. The molecular weight excluding hydrogens is 174 g/mol. The van der Waals surface area contributed by atoms with Gasteiger partial charge in [0.05, 0.1) is 11.9 Å². The monoisotopic (exact) mass is 189 g/mol. The van der Waals surface area contributed by atoms with Crippen molar-refractivity contribution in [1.29, 1.82) is 0 Å². The van der Waals surface area contributed by atoms with Crippen molar-refractivity contribution >= 4 is 11.5 Å². The largest absolute Gasteiger partial charge is 0.397 e. The predicted molar refractivity (Wildman–Crippen MR) is 59.8 cm³/mol. The Morgan fingerprint density at radius 1 is 1.64 bits per heavy atom. The van der Waals surface area contributed by atoms with Crippen molar-refractivity contribution in [2.45, 2.75) is 25.8 Å². The Balaban J connectivity index is 2.59. The lowest BCUT2D eigenvalue weighted by molar-refractivity contribution is 0.712. The lowest BCUT2D eigenvalue weighted by atomic mass is 10.1. The summed E-state index contributed by atoms with van der Waals surface area (Å²) in [5.41, 5.74) is 6.19. The van der Waals surface area contributed by atoms with Gasteiger partial charge in [-0.05, 0) is 18.6 Å². The van der Waals surface area contributed by atoms with Crippen LogP contribution in [0, 0.1) is 12.3 Å². The van der Waals surface area contributed by atoms with Crippen molar-refractivity contribution in [3.8, 4) is 12.3 Å². The van der Waals surface area contributed by atoms with E-state index in [1.54, 1.807) is 6.20 Å². The van der Waals surface area contributed by atoms with Crippen LogP contribution in [-0.2, 0) is 0 Å². The number of anilines is 2. The van der Waals surface area contributed by atoms with Crippen LogP contribution in [0.4, 0.5) is 11.5 Å². The van der Waals surface area contributed by atoms with Crippen molar-refractivity contribution in [2.24, 2.45) is 0 Å². The first-order chi connectivity index (χ1) is 6.76. The number of nitrogens with two attached hydrogens (primary N) is 1. The smallest absolute Gasteiger partial charge is 0.126 e. The molecule has 1 atom stereocenters. The van der Waals surface area contributed by atoms with Gasteiger partial charge in [0.25, 0.3) is 0 Å². The van der Waals surface area contributed by atoms with Gasteiger partial charge < -0.3 is 11.1 Å². The van der Waals surface area contributed by atoms with Crippen LogP contribution < -0.4 is 11.1 Å². The second kappa shape index (κ2) is 5.13. The lowest BCUT2D eigenvalue weighted by Crippen LogP contribution is -2.18. The van der Waals surface area contributed by atoms with Crippen LogP contribution in [0.5, 0.6) is 0 Å². The van der Waals surface area contributed by atoms with Crippen molar-refractivity contribution in [3.63, 3.8) is 0 Å². The van der Waals surface area contributed by atoms with Crippen molar-refractivity contribution in [1.82, 2.24) is 4.98 Å². The molecule has 74 valence electrons. The van der Waals surface area contributed by atoms with Crippen LogP contribution in [0.1, 0.15) is 19.8 Å². The molecule has 3 heteroatoms. The van der Waals surface area contributed by atoms with Gasteiger partial charge in [0.2, 0.25) is 0 Å². The first-order valence-corrected chi connectivity index (χ1v) is 4.67. The summed E-state index contributed by atoms with van der Waals surface area (Å²) in [6.45, 7) is 2.09. The highest BCUT2D eigenvalue weighted by atomic mass is 15.0. The number of rotatable bonds is 4. The molecule has 0 bridgehead atoms. The Labute approximate surface area is 84.7 Å². The van der Waals surface area contributed by atoms with Crippen molar-refractivity contribution < 1.29 is 0 Å². The van der Waals surface area contributed by atoms with Crippen LogP contribution in [-0.4, -0.2) is 11.0 Å². The molecule has 3 nitrogen and oxygen atoms in total. The van der Waals surface area contributed by atoms with E-state index in [1.165, 1.54) is 0 Å². The molecule has 0 saturated carbocycles. The highest BCUT2D eigenvalue weighted by molar-refractivity contribution is 5.44. The standard InChI is InChI=1S/C11H15N3/c1-3-5-10(4-2)14-11-7-6-9(12)8-13-11/h1,6-8,10H,4-5,12H2,2H3,(H,13,14). The normalized spacial score (nSPS) is 11.7. The summed E-state index contributed by atoms with van der Waals surface area (Å²) in [7, 11) is 0. The fourth-order valence-corrected chi connectivity index (χ4v) is 1.14. The summed E-state index contributed by atoms with van der Waals surface area (Å²) < 4.78 is 0. The molecule has 0 aliphatic heterocycles. The molecule has 0 spiro atoms. The first-order valence-electron chi connectivity index (χ1n) is 4.67. The molecule has 0 radical (unpaired) electrons. The van der Waals surface area contributed by atoms with Crippen molar-refractivity contribution in [3.05, 3.63) is 18.3 Å². The second-order valence-corrected chi connectivity index (χ2v) is 3.13. The fourth-order valence-electron chi connectivity index (χ4n) is 1.14. The number of pyridine rings is 1. The molecule has 0 aromatic carbocycles. The van der Waals surface area contributed by atoms with E-state index in [0.29, 0.717) is 12.1 Å². The third kappa shape index (κ3) is 2.98. The molecule has 1 heterocycles. The highest BCUT2D eigenvalue weighted by Gasteiger charge is 2.04. The minimum atomic E-state index is 0.288. The molecule has 0 saturated heterocycles. The van der Waals surface area contributed by atoms with E-state index in [0.717, 1.165) is 12.2 Å². The van der Waals surface area contributed by atoms with Gasteiger partial charge in [0.15, 0.2) is 0 Å². The summed E-state index contributed by atoms with van der Waals surface area (Å²) in [6, 6.07) is 3.96. The number of nitrogens with one attached hydrogen (secondary N) is 1. The maximum atomic E-state index is 5.53. The average Bonchev–Trinajstić information content (AvgIpc) is 2.20. The third-order valence-electron chi connectivity index (χ3n) is 2.00. The number of nitrogens with zero attached hydrogens (tertiary/aromatic N) is 1. The van der Waals surface area contributed by atoms with Gasteiger partial charge >= 0.3 is 0 Å². The third-order valence-corrected chi connectivity index (χ3v) is 2.00. The summed E-state index contributed by atoms with van der Waals surface area (Å²) in [4.78, 5) is 4.14. The molecule has 14 heavy (non-hydrogen) atoms. The molecule has 1 unspecified atom stereocenters. The number of nitrogen functional groups attached to an aromatic ring is 1. The van der Waals surface area contributed by atoms with Gasteiger partial charge in [-0.15, -0.1) is 12.3 Å². The number of aromatic nitrogens is 1. The zero-order chi connectivity index (χ0) is 10.4. The quantitative estimate of drug-likeness (QED) is 0.711. The highest BCUT2D eigenvalue weighted by Crippen LogP contribution is 2.10. The van der Waals surface area contributed by atoms with E-state index in [4.69, 9.17) is 12.2 Å². The van der Waals surface area contributed by atoms with Gasteiger partial charge in [-0.2, -0.15) is 0 Å². The average molecular weight is 189 g/mol. The second-order valence-electron chi connectivity index (χ2n) is 3.13. The SMILES string of the molecule is C#CCC(CC)Nc1ccc(N)cn1. The molecule has 0 aliphatic rings. The molecular formula is C11H15N3. The Bertz CT molecular complexity index is 310. The summed E-state index contributed by atoms with van der Waals surface area (Å²) in [5, 5.41) is 3.25. The predicted octanol–water partition coefficient (Wildman–Crippen LogP) is 1.88. The van der Waals surface area contributed by atoms with E-state index in [1.807, 2.05) is 12.1 Å². The maximum absolute atomic E-state index is 5.53. The van der Waals surface area contributed by atoms with E-state index in [-0.39, 0.29) is 6.04 Å². The summed E-state index contributed by atoms with van der Waals surface area (Å²) in [6.07, 6.45) is 8.58. The molecule has 3 N–H and O–H groups in total. The lowest BCUT2D eigenvalue weighted by Gasteiger charge is -2.14. The van der Waals surface area contributed by atoms with E-state index in [9.17, 15) is 0 Å². The fraction of sp³-hybridized carbons (Fsp3) is 0.364. The van der Waals surface area contributed by atoms with Crippen LogP contribution in [0.25, 0.3) is 0 Å². The Morgan fingerprint density at radius 3 is 2.93 bits per heavy atom. The van der Waals surface area contributed by atoms with Gasteiger partial charge in [-0.3, -0.25) is 0 Å². The van der Waals surface area contributed by atoms with Gasteiger partial charge in [0, 0.05) is 12.5 Å². The molecule has 1 aromatic heterocycles. The Hall–Kier alpha value is -1.69. The summed E-state index contributed by atoms with van der Waals surface area (Å²) in [5.74, 6) is 3.46. The van der Waals surface area contributed by atoms with Gasteiger partial charge in [-0.1, -0.05) is 6.92 Å². The van der Waals surface area contributed by atoms with Crippen LogP contribution in [0.15, 0.2) is 18.3 Å². The van der Waals surface area contributed by atoms with Crippen molar-refractivity contribution in [2.75, 3.05) is 11.1 Å². The number of hydrogen-bond acceptors (Lipinski definition) is 3. The maximum Gasteiger partial charge on any atom is 0.126 e. The zero-order valence-electron chi connectivity index (χ0n) is 8.33. The molecule has 1 aromatic rings. The molecule has 0 aliphatic carbocycles. The van der Waals surface area contributed by atoms with E-state index >= 15 is 0 Å². The van der Waals surface area contributed by atoms with Crippen LogP contribution in [0.2, 0.25) is 0 Å². The minimum Gasteiger partial charge on any atom is -0.397 e. The van der Waals surface area contributed by atoms with E-state index < -0.39 is 0 Å². The molecule has 0 fully saturated rings. The Morgan fingerprint density at radius 2 is 2.43 bits per heavy atom. The number of terminal acetylenes is 1. The van der Waals surface area contributed by atoms with Crippen LogP contribution >= 0.6 is 0 Å². The Kier molecular flexibility index (Phi) is 3.81. The zero-order valence-corrected chi connectivity index (χ0v) is 8.33. The topological polar surface area (TPSA) is 50.9 Å². The number of hydrogen-bond donors (Lipinski definition) is 2. The first kappa shape index (κ1) is 10.4. The van der Waals surface area contributed by atoms with Crippen LogP contribution in [0.3, 0.4) is 0 Å². The molecule has 0 amide bonds. The summed E-state index contributed by atoms with van der Waals surface area (Å²) >= 11 is 0. The molecule has 1 rings (SSSR count). The van der Waals surface area contributed by atoms with E-state index in [2.05, 4.69) is 23.1 Å². The van der Waals surface area contributed by atoms with Gasteiger partial charge in [-0.25, -0.2) is 4.98 Å². The van der Waals surface area contributed by atoms with Gasteiger partial charge in [0.1, 0.15) is 5.82 Å².